The summed E-state index contributed by atoms with van der Waals surface area (Å²) in [7, 11) is 0. The average Bonchev–Trinajstić information content (AvgIpc) is 2.98. The first-order chi connectivity index (χ1) is 13.8. The fourth-order valence-corrected chi connectivity index (χ4v) is 7.89. The first-order valence-electron chi connectivity index (χ1n) is 11.5. The van der Waals surface area contributed by atoms with Crippen LogP contribution in [0.5, 0.6) is 0 Å². The fourth-order valence-electron chi connectivity index (χ4n) is 7.89. The van der Waals surface area contributed by atoms with Gasteiger partial charge in [0.05, 0.1) is 12.5 Å². The number of aliphatic hydroxyl groups is 2. The van der Waals surface area contributed by atoms with Gasteiger partial charge in [0.1, 0.15) is 11.9 Å². The van der Waals surface area contributed by atoms with Crippen molar-refractivity contribution >= 4 is 11.8 Å². The van der Waals surface area contributed by atoms with Crippen molar-refractivity contribution in [1.82, 2.24) is 0 Å². The van der Waals surface area contributed by atoms with Gasteiger partial charge >= 0.3 is 5.97 Å². The van der Waals surface area contributed by atoms with Gasteiger partial charge in [0, 0.05) is 30.9 Å². The number of hydrogen-bond acceptors (Lipinski definition) is 6. The fraction of sp³-hybridized carbons (Fsp3) is 0.913. The summed E-state index contributed by atoms with van der Waals surface area (Å²) >= 11 is 0. The van der Waals surface area contributed by atoms with Gasteiger partial charge in [-0.15, -0.1) is 0 Å². The Morgan fingerprint density at radius 1 is 1.17 bits per heavy atom. The molecule has 1 unspecified atom stereocenters. The number of Topliss-reactive ketones (excluding diaryl/α,β-unsaturated/α-hetero) is 1. The van der Waals surface area contributed by atoms with Gasteiger partial charge in [0.2, 0.25) is 0 Å². The maximum atomic E-state index is 12.6. The highest BCUT2D eigenvalue weighted by molar-refractivity contribution is 5.87. The molecule has 164 valence electrons. The third kappa shape index (κ3) is 3.17. The molecule has 0 heterocycles. The van der Waals surface area contributed by atoms with Gasteiger partial charge in [-0.25, -0.2) is 0 Å². The van der Waals surface area contributed by atoms with E-state index in [1.54, 1.807) is 0 Å². The summed E-state index contributed by atoms with van der Waals surface area (Å²) in [5.41, 5.74) is 5.16. The molecule has 4 aliphatic rings. The summed E-state index contributed by atoms with van der Waals surface area (Å²) < 4.78 is 5.66. The number of rotatable bonds is 4. The van der Waals surface area contributed by atoms with E-state index < -0.39 is 6.10 Å². The number of ketones is 1. The highest BCUT2D eigenvalue weighted by atomic mass is 16.5. The van der Waals surface area contributed by atoms with Crippen LogP contribution < -0.4 is 5.73 Å². The molecular formula is C23H37NO5. The van der Waals surface area contributed by atoms with Gasteiger partial charge in [-0.2, -0.15) is 0 Å². The number of ether oxygens (including phenoxy) is 1. The second-order valence-electron chi connectivity index (χ2n) is 10.6. The molecule has 0 bridgehead atoms. The Balaban J connectivity index is 1.60. The SMILES string of the molecule is C[C@]12CC[C@H](OC(=O)CCN)CC1[C@@H](CO)[C@@H](O)[C@@H]1[C@@H]2CC[C@]2(C)C(=O)CC[C@@H]12. The van der Waals surface area contributed by atoms with Crippen molar-refractivity contribution in [3.8, 4) is 0 Å². The van der Waals surface area contributed by atoms with Crippen LogP contribution in [-0.4, -0.2) is 47.3 Å². The van der Waals surface area contributed by atoms with Crippen LogP contribution in [0.3, 0.4) is 0 Å². The molecule has 9 atom stereocenters. The Morgan fingerprint density at radius 2 is 1.93 bits per heavy atom. The van der Waals surface area contributed by atoms with Crippen LogP contribution in [-0.2, 0) is 14.3 Å². The lowest BCUT2D eigenvalue weighted by atomic mass is 9.42. The molecule has 0 aromatic heterocycles. The number of carbonyl (C=O) groups is 2. The molecule has 4 fully saturated rings. The van der Waals surface area contributed by atoms with E-state index in [2.05, 4.69) is 13.8 Å². The largest absolute Gasteiger partial charge is 0.462 e. The maximum Gasteiger partial charge on any atom is 0.307 e. The number of carbonyl (C=O) groups excluding carboxylic acids is 2. The molecule has 0 aromatic carbocycles. The molecule has 0 radical (unpaired) electrons. The number of fused-ring (bicyclic) bond motifs is 5. The third-order valence-electron chi connectivity index (χ3n) is 9.46. The zero-order chi connectivity index (χ0) is 21.0. The summed E-state index contributed by atoms with van der Waals surface area (Å²) in [6.07, 6.45) is 5.27. The summed E-state index contributed by atoms with van der Waals surface area (Å²) in [5, 5.41) is 21.7. The van der Waals surface area contributed by atoms with Crippen LogP contribution in [0, 0.1) is 40.4 Å². The minimum atomic E-state index is -0.600. The number of nitrogens with two attached hydrogens (primary N) is 1. The highest BCUT2D eigenvalue weighted by Gasteiger charge is 2.65. The van der Waals surface area contributed by atoms with Crippen LogP contribution in [0.25, 0.3) is 0 Å². The maximum absolute atomic E-state index is 12.6. The van der Waals surface area contributed by atoms with Crippen molar-refractivity contribution in [2.75, 3.05) is 13.2 Å². The van der Waals surface area contributed by atoms with Gasteiger partial charge in [-0.3, -0.25) is 9.59 Å². The highest BCUT2D eigenvalue weighted by Crippen LogP contribution is 2.66. The van der Waals surface area contributed by atoms with E-state index in [-0.39, 0.29) is 66.1 Å². The molecule has 4 N–H and O–H groups in total. The lowest BCUT2D eigenvalue weighted by Crippen LogP contribution is -2.63. The first-order valence-corrected chi connectivity index (χ1v) is 11.5. The van der Waals surface area contributed by atoms with E-state index in [4.69, 9.17) is 10.5 Å². The van der Waals surface area contributed by atoms with Crippen LogP contribution in [0.15, 0.2) is 0 Å². The predicted octanol–water partition coefficient (Wildman–Crippen LogP) is 2.05. The number of esters is 1. The van der Waals surface area contributed by atoms with E-state index in [9.17, 15) is 19.8 Å². The van der Waals surface area contributed by atoms with Crippen molar-refractivity contribution in [3.63, 3.8) is 0 Å². The Kier molecular flexibility index (Phi) is 5.58. The van der Waals surface area contributed by atoms with Gasteiger partial charge in [-0.1, -0.05) is 13.8 Å². The predicted molar refractivity (Wildman–Crippen MR) is 108 cm³/mol. The Morgan fingerprint density at radius 3 is 2.62 bits per heavy atom. The minimum Gasteiger partial charge on any atom is -0.462 e. The lowest BCUT2D eigenvalue weighted by Gasteiger charge is -2.63. The first kappa shape index (κ1) is 21.3. The van der Waals surface area contributed by atoms with Gasteiger partial charge in [0.25, 0.3) is 0 Å². The minimum absolute atomic E-state index is 0.00103. The standard InChI is InChI=1S/C23H37NO5/c1-22-8-5-13(29-19(27)7-10-24)11-17(22)14(12-25)21(28)20-15-3-4-18(26)23(15,2)9-6-16(20)22/h13-17,20-21,25,28H,3-12,24H2,1-2H3/t13-,14+,15-,16-,17?,20-,21+,22+,23-/m0/s1. The van der Waals surface area contributed by atoms with Gasteiger partial charge < -0.3 is 20.7 Å². The zero-order valence-electron chi connectivity index (χ0n) is 17.8. The quantitative estimate of drug-likeness (QED) is 0.615. The van der Waals surface area contributed by atoms with Crippen LogP contribution in [0.4, 0.5) is 0 Å². The van der Waals surface area contributed by atoms with Crippen LogP contribution in [0.1, 0.15) is 65.2 Å². The summed E-state index contributed by atoms with van der Waals surface area (Å²) in [6, 6.07) is 0. The molecule has 4 rings (SSSR count). The Hall–Kier alpha value is -0.980. The molecule has 4 saturated carbocycles. The number of hydrogen-bond donors (Lipinski definition) is 3. The zero-order valence-corrected chi connectivity index (χ0v) is 17.8. The third-order valence-corrected chi connectivity index (χ3v) is 9.46. The van der Waals surface area contributed by atoms with E-state index in [0.29, 0.717) is 24.5 Å². The van der Waals surface area contributed by atoms with E-state index in [0.717, 1.165) is 32.1 Å². The van der Waals surface area contributed by atoms with Crippen molar-refractivity contribution in [2.24, 2.45) is 46.2 Å². The summed E-state index contributed by atoms with van der Waals surface area (Å²) in [4.78, 5) is 24.6. The molecule has 6 nitrogen and oxygen atoms in total. The Labute approximate surface area is 173 Å². The second-order valence-corrected chi connectivity index (χ2v) is 10.6. The molecule has 4 aliphatic carbocycles. The normalized spacial score (nSPS) is 49.1. The van der Waals surface area contributed by atoms with Gasteiger partial charge in [-0.05, 0) is 67.6 Å². The van der Waals surface area contributed by atoms with E-state index >= 15 is 0 Å². The monoisotopic (exact) mass is 407 g/mol. The lowest BCUT2D eigenvalue weighted by molar-refractivity contribution is -0.208. The van der Waals surface area contributed by atoms with Crippen molar-refractivity contribution in [3.05, 3.63) is 0 Å². The summed E-state index contributed by atoms with van der Waals surface area (Å²) in [5.74, 6) is 0.649. The molecule has 0 spiro atoms. The van der Waals surface area contributed by atoms with Crippen molar-refractivity contribution < 1.29 is 24.5 Å². The van der Waals surface area contributed by atoms with E-state index in [1.165, 1.54) is 0 Å². The average molecular weight is 408 g/mol. The van der Waals surface area contributed by atoms with Crippen LogP contribution >= 0.6 is 0 Å². The van der Waals surface area contributed by atoms with Crippen molar-refractivity contribution in [1.29, 1.82) is 0 Å². The molecule has 0 aromatic rings. The molecule has 0 amide bonds. The smallest absolute Gasteiger partial charge is 0.307 e. The molecule has 6 heteroatoms. The second kappa shape index (κ2) is 7.61. The summed E-state index contributed by atoms with van der Waals surface area (Å²) in [6.45, 7) is 4.64. The molecule has 29 heavy (non-hydrogen) atoms. The molecule has 0 aliphatic heterocycles. The molecular weight excluding hydrogens is 370 g/mol. The molecule has 0 saturated heterocycles. The van der Waals surface area contributed by atoms with Crippen molar-refractivity contribution in [2.45, 2.75) is 77.4 Å². The topological polar surface area (TPSA) is 110 Å². The van der Waals surface area contributed by atoms with Crippen LogP contribution in [0.2, 0.25) is 0 Å². The van der Waals surface area contributed by atoms with Gasteiger partial charge in [0.15, 0.2) is 0 Å². The van der Waals surface area contributed by atoms with E-state index in [1.807, 2.05) is 0 Å². The number of aliphatic hydroxyl groups excluding tert-OH is 2. The Bertz CT molecular complexity index is 668.